The zero-order chi connectivity index (χ0) is 22.5. The highest BCUT2D eigenvalue weighted by atomic mass is 16.6. The van der Waals surface area contributed by atoms with E-state index in [1.807, 2.05) is 49.4 Å². The highest BCUT2D eigenvalue weighted by molar-refractivity contribution is 5.99. The second-order valence-electron chi connectivity index (χ2n) is 8.16. The van der Waals surface area contributed by atoms with E-state index >= 15 is 0 Å². The van der Waals surface area contributed by atoms with Gasteiger partial charge >= 0.3 is 6.03 Å². The molecule has 2 aromatic rings. The molecular formula is C24H29N3O5. The average molecular weight is 440 g/mol. The van der Waals surface area contributed by atoms with Crippen molar-refractivity contribution in [3.8, 4) is 5.75 Å². The minimum Gasteiger partial charge on any atom is -0.487 e. The number of ether oxygens (including phenoxy) is 2. The van der Waals surface area contributed by atoms with Crippen molar-refractivity contribution in [3.05, 3.63) is 54.1 Å². The highest BCUT2D eigenvalue weighted by Crippen LogP contribution is 2.47. The normalized spacial score (nSPS) is 23.4. The number of aliphatic hydroxyl groups is 1. The number of nitrogens with one attached hydrogen (secondary N) is 3. The van der Waals surface area contributed by atoms with Crippen LogP contribution in [0, 0.1) is 0 Å². The smallest absolute Gasteiger partial charge is 0.323 e. The first kappa shape index (κ1) is 22.1. The van der Waals surface area contributed by atoms with E-state index < -0.39 is 6.10 Å². The summed E-state index contributed by atoms with van der Waals surface area (Å²) in [6.45, 7) is 2.45. The van der Waals surface area contributed by atoms with Gasteiger partial charge in [-0.3, -0.25) is 4.79 Å². The van der Waals surface area contributed by atoms with Crippen LogP contribution in [0.5, 0.6) is 5.75 Å². The van der Waals surface area contributed by atoms with E-state index in [1.165, 1.54) is 0 Å². The van der Waals surface area contributed by atoms with Crippen molar-refractivity contribution in [2.45, 2.75) is 50.4 Å². The average Bonchev–Trinajstić information content (AvgIpc) is 3.15. The minimum atomic E-state index is -0.511. The number of hydrogen-bond donors (Lipinski definition) is 4. The maximum Gasteiger partial charge on any atom is 0.323 e. The maximum atomic E-state index is 12.4. The zero-order valence-electron chi connectivity index (χ0n) is 18.0. The monoisotopic (exact) mass is 439 g/mol. The molecule has 3 amide bonds. The van der Waals surface area contributed by atoms with E-state index in [0.29, 0.717) is 30.1 Å². The molecule has 0 spiro atoms. The Morgan fingerprint density at radius 3 is 2.62 bits per heavy atom. The highest BCUT2D eigenvalue weighted by Gasteiger charge is 2.46. The Kier molecular flexibility index (Phi) is 6.92. The molecule has 2 heterocycles. The van der Waals surface area contributed by atoms with Crippen LogP contribution >= 0.6 is 0 Å². The molecule has 0 aliphatic carbocycles. The summed E-state index contributed by atoms with van der Waals surface area (Å²) < 4.78 is 12.1. The van der Waals surface area contributed by atoms with Gasteiger partial charge in [-0.1, -0.05) is 25.1 Å². The molecular weight excluding hydrogens is 410 g/mol. The van der Waals surface area contributed by atoms with Crippen molar-refractivity contribution in [1.82, 2.24) is 5.32 Å². The zero-order valence-corrected chi connectivity index (χ0v) is 18.0. The molecule has 0 radical (unpaired) electrons. The second kappa shape index (κ2) is 10.0. The number of rotatable bonds is 7. The van der Waals surface area contributed by atoms with Crippen LogP contribution in [0.25, 0.3) is 0 Å². The number of fused-ring (bicyclic) bond motifs is 3. The van der Waals surface area contributed by atoms with Crippen LogP contribution in [-0.2, 0) is 9.53 Å². The first-order chi connectivity index (χ1) is 15.6. The number of amides is 3. The summed E-state index contributed by atoms with van der Waals surface area (Å²) in [4.78, 5) is 24.6. The standard InChI is InChI=1S/C24H29N3O5/c1-2-10-25-22(29)13-17-12-19-18-11-16(27-24(30)26-15-6-4-3-5-7-15)8-9-20(18)32-23(19)21(14-28)31-17/h3-9,11,17,19,21,23,28H,2,10,12-14H2,1H3,(H,25,29)(H2,26,27,30)/t17-,19+,21-,23-/m0/s1. The van der Waals surface area contributed by atoms with Gasteiger partial charge in [-0.25, -0.2) is 4.79 Å². The van der Waals surface area contributed by atoms with Gasteiger partial charge in [-0.15, -0.1) is 0 Å². The molecule has 2 aliphatic heterocycles. The molecule has 2 aromatic carbocycles. The van der Waals surface area contributed by atoms with Gasteiger partial charge in [-0.05, 0) is 43.2 Å². The van der Waals surface area contributed by atoms with E-state index in [2.05, 4.69) is 16.0 Å². The van der Waals surface area contributed by atoms with E-state index in [-0.39, 0.29) is 43.1 Å². The molecule has 8 heteroatoms. The molecule has 0 unspecified atom stereocenters. The number of anilines is 2. The number of benzene rings is 2. The molecule has 32 heavy (non-hydrogen) atoms. The maximum absolute atomic E-state index is 12.4. The number of hydrogen-bond acceptors (Lipinski definition) is 5. The molecule has 0 aromatic heterocycles. The van der Waals surface area contributed by atoms with Gasteiger partial charge in [0.1, 0.15) is 18.0 Å². The third-order valence-electron chi connectivity index (χ3n) is 5.77. The Labute approximate surface area is 187 Å². The van der Waals surface area contributed by atoms with Gasteiger partial charge in [0, 0.05) is 29.4 Å². The SMILES string of the molecule is CCCNC(=O)C[C@@H]1C[C@@H]2c3cc(NC(=O)Nc4ccccc4)ccc3O[C@@H]2[C@H](CO)O1. The second-order valence-corrected chi connectivity index (χ2v) is 8.16. The molecule has 0 bridgehead atoms. The fourth-order valence-corrected chi connectivity index (χ4v) is 4.33. The first-order valence-corrected chi connectivity index (χ1v) is 11.0. The Bertz CT molecular complexity index is 952. The Morgan fingerprint density at radius 2 is 1.88 bits per heavy atom. The van der Waals surface area contributed by atoms with Crippen LogP contribution in [0.4, 0.5) is 16.2 Å². The first-order valence-electron chi connectivity index (χ1n) is 11.0. The largest absolute Gasteiger partial charge is 0.487 e. The van der Waals surface area contributed by atoms with Crippen molar-refractivity contribution >= 4 is 23.3 Å². The lowest BCUT2D eigenvalue weighted by atomic mass is 9.84. The topological polar surface area (TPSA) is 109 Å². The quantitative estimate of drug-likeness (QED) is 0.530. The van der Waals surface area contributed by atoms with Gasteiger partial charge in [0.25, 0.3) is 0 Å². The summed E-state index contributed by atoms with van der Waals surface area (Å²) in [6.07, 6.45) is 0.578. The number of carbonyl (C=O) groups excluding carboxylic acids is 2. The van der Waals surface area contributed by atoms with Gasteiger partial charge in [0.05, 0.1) is 19.1 Å². The molecule has 4 N–H and O–H groups in total. The molecule has 4 rings (SSSR count). The van der Waals surface area contributed by atoms with Crippen molar-refractivity contribution in [2.24, 2.45) is 0 Å². The molecule has 8 nitrogen and oxygen atoms in total. The van der Waals surface area contributed by atoms with Gasteiger partial charge in [0.15, 0.2) is 0 Å². The number of para-hydroxylation sites is 1. The van der Waals surface area contributed by atoms with Crippen LogP contribution in [0.2, 0.25) is 0 Å². The Hall–Kier alpha value is -3.10. The van der Waals surface area contributed by atoms with E-state index in [9.17, 15) is 14.7 Å². The molecule has 1 fully saturated rings. The van der Waals surface area contributed by atoms with Gasteiger partial charge < -0.3 is 30.5 Å². The predicted octanol–water partition coefficient (Wildman–Crippen LogP) is 3.24. The number of aliphatic hydroxyl groups excluding tert-OH is 1. The molecule has 0 saturated carbocycles. The van der Waals surface area contributed by atoms with Crippen LogP contribution in [0.1, 0.15) is 37.7 Å². The summed E-state index contributed by atoms with van der Waals surface area (Å²) in [5.74, 6) is 0.630. The summed E-state index contributed by atoms with van der Waals surface area (Å²) in [5, 5.41) is 18.4. The Balaban J connectivity index is 1.45. The van der Waals surface area contributed by atoms with Crippen LogP contribution in [0.3, 0.4) is 0 Å². The third kappa shape index (κ3) is 5.03. The van der Waals surface area contributed by atoms with Crippen molar-refractivity contribution in [1.29, 1.82) is 0 Å². The van der Waals surface area contributed by atoms with Crippen molar-refractivity contribution in [2.75, 3.05) is 23.8 Å². The fourth-order valence-electron chi connectivity index (χ4n) is 4.33. The van der Waals surface area contributed by atoms with Crippen LogP contribution in [0.15, 0.2) is 48.5 Å². The van der Waals surface area contributed by atoms with E-state index in [1.54, 1.807) is 6.07 Å². The van der Waals surface area contributed by atoms with Crippen LogP contribution < -0.4 is 20.7 Å². The van der Waals surface area contributed by atoms with Crippen LogP contribution in [-0.4, -0.2) is 48.5 Å². The third-order valence-corrected chi connectivity index (χ3v) is 5.77. The predicted molar refractivity (Wildman–Crippen MR) is 121 cm³/mol. The van der Waals surface area contributed by atoms with E-state index in [0.717, 1.165) is 12.0 Å². The molecule has 170 valence electrons. The molecule has 1 saturated heterocycles. The van der Waals surface area contributed by atoms with E-state index in [4.69, 9.17) is 9.47 Å². The molecule has 4 atom stereocenters. The number of urea groups is 1. The fraction of sp³-hybridized carbons (Fsp3) is 0.417. The lowest BCUT2D eigenvalue weighted by Gasteiger charge is -2.37. The Morgan fingerprint density at radius 1 is 1.09 bits per heavy atom. The lowest BCUT2D eigenvalue weighted by molar-refractivity contribution is -0.142. The minimum absolute atomic E-state index is 0.0289. The van der Waals surface area contributed by atoms with Gasteiger partial charge in [0.2, 0.25) is 5.91 Å². The summed E-state index contributed by atoms with van der Waals surface area (Å²) in [6, 6.07) is 14.4. The summed E-state index contributed by atoms with van der Waals surface area (Å²) >= 11 is 0. The van der Waals surface area contributed by atoms with Crippen molar-refractivity contribution < 1.29 is 24.2 Å². The lowest BCUT2D eigenvalue weighted by Crippen LogP contribution is -2.47. The summed E-state index contributed by atoms with van der Waals surface area (Å²) in [7, 11) is 0. The summed E-state index contributed by atoms with van der Waals surface area (Å²) in [5.41, 5.74) is 2.30. The van der Waals surface area contributed by atoms with Gasteiger partial charge in [-0.2, -0.15) is 0 Å². The number of carbonyl (C=O) groups is 2. The molecule has 2 aliphatic rings. The van der Waals surface area contributed by atoms with Crippen molar-refractivity contribution in [3.63, 3.8) is 0 Å².